The molecule has 0 saturated carbocycles. The van der Waals surface area contributed by atoms with Gasteiger partial charge in [-0.25, -0.2) is 8.42 Å². The van der Waals surface area contributed by atoms with Gasteiger partial charge < -0.3 is 5.73 Å². The highest BCUT2D eigenvalue weighted by Gasteiger charge is 2.32. The molecule has 2 rings (SSSR count). The predicted molar refractivity (Wildman–Crippen MR) is 71.7 cm³/mol. The van der Waals surface area contributed by atoms with Crippen LogP contribution in [0.3, 0.4) is 0 Å². The zero-order valence-corrected chi connectivity index (χ0v) is 11.7. The molecule has 5 heteroatoms. The van der Waals surface area contributed by atoms with Crippen LogP contribution in [-0.4, -0.2) is 25.3 Å². The van der Waals surface area contributed by atoms with E-state index in [4.69, 9.17) is 5.73 Å². The lowest BCUT2D eigenvalue weighted by Crippen LogP contribution is -2.33. The molecule has 18 heavy (non-hydrogen) atoms. The Morgan fingerprint density at radius 1 is 1.44 bits per heavy atom. The largest absolute Gasteiger partial charge is 0.326 e. The zero-order valence-electron chi connectivity index (χ0n) is 10.9. The summed E-state index contributed by atoms with van der Waals surface area (Å²) in [4.78, 5) is 0.363. The van der Waals surface area contributed by atoms with Gasteiger partial charge in [-0.3, -0.25) is 0 Å². The zero-order chi connectivity index (χ0) is 13.3. The van der Waals surface area contributed by atoms with Crippen molar-refractivity contribution in [1.29, 1.82) is 0 Å². The van der Waals surface area contributed by atoms with Gasteiger partial charge in [0, 0.05) is 19.1 Å². The van der Waals surface area contributed by atoms with Crippen molar-refractivity contribution in [3.05, 3.63) is 29.3 Å². The molecule has 2 N–H and O–H groups in total. The summed E-state index contributed by atoms with van der Waals surface area (Å²) in [7, 11) is -3.36. The van der Waals surface area contributed by atoms with Crippen molar-refractivity contribution in [2.75, 3.05) is 6.54 Å². The number of hydrogen-bond acceptors (Lipinski definition) is 3. The van der Waals surface area contributed by atoms with E-state index in [1.54, 1.807) is 16.4 Å². The first-order chi connectivity index (χ1) is 8.46. The summed E-state index contributed by atoms with van der Waals surface area (Å²) in [5.74, 6) is 0. The lowest BCUT2D eigenvalue weighted by atomic mass is 10.1. The Labute approximate surface area is 109 Å². The molecule has 1 saturated heterocycles. The molecule has 1 aliphatic rings. The molecule has 1 aromatic rings. The van der Waals surface area contributed by atoms with E-state index < -0.39 is 10.0 Å². The fraction of sp³-hybridized carbons (Fsp3) is 0.538. The fourth-order valence-corrected chi connectivity index (χ4v) is 4.18. The van der Waals surface area contributed by atoms with Gasteiger partial charge in [0.05, 0.1) is 4.90 Å². The lowest BCUT2D eigenvalue weighted by molar-refractivity contribution is 0.408. The standard InChI is InChI=1S/C13H20N2O2S/c1-10-5-6-13(8-12(10)9-14)18(16,17)15-7-3-4-11(15)2/h5-6,8,11H,3-4,7,9,14H2,1-2H3. The van der Waals surface area contributed by atoms with Crippen molar-refractivity contribution in [2.45, 2.75) is 44.2 Å². The highest BCUT2D eigenvalue weighted by atomic mass is 32.2. The van der Waals surface area contributed by atoms with Gasteiger partial charge in [-0.05, 0) is 49.9 Å². The maximum absolute atomic E-state index is 12.5. The van der Waals surface area contributed by atoms with E-state index in [0.717, 1.165) is 24.0 Å². The van der Waals surface area contributed by atoms with E-state index in [9.17, 15) is 8.42 Å². The Bertz CT molecular complexity index is 540. The van der Waals surface area contributed by atoms with Gasteiger partial charge in [0.1, 0.15) is 0 Å². The minimum Gasteiger partial charge on any atom is -0.326 e. The Morgan fingerprint density at radius 2 is 2.17 bits per heavy atom. The Hall–Kier alpha value is -0.910. The van der Waals surface area contributed by atoms with Crippen molar-refractivity contribution >= 4 is 10.0 Å². The number of rotatable bonds is 3. The first-order valence-electron chi connectivity index (χ1n) is 6.28. The van der Waals surface area contributed by atoms with E-state index >= 15 is 0 Å². The van der Waals surface area contributed by atoms with Gasteiger partial charge in [-0.15, -0.1) is 0 Å². The molecule has 0 bridgehead atoms. The normalized spacial score (nSPS) is 21.4. The SMILES string of the molecule is Cc1ccc(S(=O)(=O)N2CCCC2C)cc1CN. The minimum atomic E-state index is -3.36. The number of nitrogens with zero attached hydrogens (tertiary/aromatic N) is 1. The van der Waals surface area contributed by atoms with Crippen molar-refractivity contribution in [1.82, 2.24) is 4.31 Å². The molecule has 0 aliphatic carbocycles. The van der Waals surface area contributed by atoms with Gasteiger partial charge >= 0.3 is 0 Å². The van der Waals surface area contributed by atoms with Crippen LogP contribution in [0.4, 0.5) is 0 Å². The number of benzene rings is 1. The molecular weight excluding hydrogens is 248 g/mol. The topological polar surface area (TPSA) is 63.4 Å². The molecule has 1 unspecified atom stereocenters. The summed E-state index contributed by atoms with van der Waals surface area (Å²) in [5.41, 5.74) is 7.56. The Morgan fingerprint density at radius 3 is 2.72 bits per heavy atom. The summed E-state index contributed by atoms with van der Waals surface area (Å²) in [5, 5.41) is 0. The van der Waals surface area contributed by atoms with Crippen LogP contribution in [-0.2, 0) is 16.6 Å². The maximum Gasteiger partial charge on any atom is 0.243 e. The van der Waals surface area contributed by atoms with E-state index in [1.165, 1.54) is 0 Å². The average Bonchev–Trinajstić information content (AvgIpc) is 2.76. The molecule has 1 heterocycles. The molecule has 100 valence electrons. The van der Waals surface area contributed by atoms with Crippen molar-refractivity contribution in [3.63, 3.8) is 0 Å². The van der Waals surface area contributed by atoms with E-state index in [2.05, 4.69) is 0 Å². The first-order valence-corrected chi connectivity index (χ1v) is 7.72. The highest BCUT2D eigenvalue weighted by molar-refractivity contribution is 7.89. The molecule has 0 spiro atoms. The first kappa shape index (κ1) is 13.5. The maximum atomic E-state index is 12.5. The van der Waals surface area contributed by atoms with Gasteiger partial charge in [0.2, 0.25) is 10.0 Å². The van der Waals surface area contributed by atoms with Gasteiger partial charge in [-0.1, -0.05) is 6.07 Å². The third-order valence-corrected chi connectivity index (χ3v) is 5.65. The summed E-state index contributed by atoms with van der Waals surface area (Å²) in [6.45, 7) is 4.89. The van der Waals surface area contributed by atoms with Crippen molar-refractivity contribution < 1.29 is 8.42 Å². The molecule has 0 amide bonds. The van der Waals surface area contributed by atoms with Crippen LogP contribution in [0.2, 0.25) is 0 Å². The third kappa shape index (κ3) is 2.30. The van der Waals surface area contributed by atoms with Crippen LogP contribution in [0.5, 0.6) is 0 Å². The fourth-order valence-electron chi connectivity index (χ4n) is 2.43. The second-order valence-electron chi connectivity index (χ2n) is 4.90. The molecule has 1 atom stereocenters. The second-order valence-corrected chi connectivity index (χ2v) is 6.79. The molecule has 0 aromatic heterocycles. The third-order valence-electron chi connectivity index (χ3n) is 3.64. The lowest BCUT2D eigenvalue weighted by Gasteiger charge is -2.21. The minimum absolute atomic E-state index is 0.0950. The molecule has 1 aromatic carbocycles. The second kappa shape index (κ2) is 4.99. The summed E-state index contributed by atoms with van der Waals surface area (Å²) >= 11 is 0. The van der Waals surface area contributed by atoms with Crippen molar-refractivity contribution in [2.24, 2.45) is 5.73 Å². The quantitative estimate of drug-likeness (QED) is 0.906. The smallest absolute Gasteiger partial charge is 0.243 e. The molecule has 1 fully saturated rings. The van der Waals surface area contributed by atoms with Crippen LogP contribution >= 0.6 is 0 Å². The average molecular weight is 268 g/mol. The summed E-state index contributed by atoms with van der Waals surface area (Å²) < 4.78 is 26.6. The van der Waals surface area contributed by atoms with E-state index in [1.807, 2.05) is 19.9 Å². The van der Waals surface area contributed by atoms with Crippen LogP contribution in [0, 0.1) is 6.92 Å². The summed E-state index contributed by atoms with van der Waals surface area (Å²) in [6, 6.07) is 5.30. The monoisotopic (exact) mass is 268 g/mol. The molecular formula is C13H20N2O2S. The van der Waals surface area contributed by atoms with Gasteiger partial charge in [0.25, 0.3) is 0 Å². The number of hydrogen-bond donors (Lipinski definition) is 1. The highest BCUT2D eigenvalue weighted by Crippen LogP contribution is 2.26. The van der Waals surface area contributed by atoms with Crippen LogP contribution in [0.15, 0.2) is 23.1 Å². The molecule has 1 aliphatic heterocycles. The number of nitrogens with two attached hydrogens (primary N) is 1. The summed E-state index contributed by atoms with van der Waals surface area (Å²) in [6.07, 6.45) is 1.88. The number of sulfonamides is 1. The van der Waals surface area contributed by atoms with E-state index in [-0.39, 0.29) is 6.04 Å². The van der Waals surface area contributed by atoms with Crippen LogP contribution in [0.1, 0.15) is 30.9 Å². The van der Waals surface area contributed by atoms with E-state index in [0.29, 0.717) is 18.0 Å². The van der Waals surface area contributed by atoms with Crippen molar-refractivity contribution in [3.8, 4) is 0 Å². The predicted octanol–water partition coefficient (Wildman–Crippen LogP) is 1.63. The van der Waals surface area contributed by atoms with Gasteiger partial charge in [0.15, 0.2) is 0 Å². The van der Waals surface area contributed by atoms with Crippen LogP contribution < -0.4 is 5.73 Å². The Kier molecular flexibility index (Phi) is 3.75. The van der Waals surface area contributed by atoms with Crippen LogP contribution in [0.25, 0.3) is 0 Å². The Balaban J connectivity index is 2.41. The number of aryl methyl sites for hydroxylation is 1. The molecule has 4 nitrogen and oxygen atoms in total. The van der Waals surface area contributed by atoms with Gasteiger partial charge in [-0.2, -0.15) is 4.31 Å². The molecule has 0 radical (unpaired) electrons.